The van der Waals surface area contributed by atoms with Crippen molar-refractivity contribution < 1.29 is 0 Å². The highest BCUT2D eigenvalue weighted by Crippen LogP contribution is 2.27. The zero-order valence-corrected chi connectivity index (χ0v) is 17.8. The number of hydrogen-bond acceptors (Lipinski definition) is 1. The lowest BCUT2D eigenvalue weighted by Gasteiger charge is -2.11. The third kappa shape index (κ3) is 3.72. The Balaban J connectivity index is 2.10. The Bertz CT molecular complexity index is 1050. The fourth-order valence-electron chi connectivity index (χ4n) is 3.09. The van der Waals surface area contributed by atoms with Crippen LogP contribution in [0.2, 0.25) is 5.02 Å². The van der Waals surface area contributed by atoms with E-state index in [0.29, 0.717) is 10.6 Å². The van der Waals surface area contributed by atoms with Gasteiger partial charge in [-0.2, -0.15) is 5.26 Å². The number of allylic oxidation sites excluding steroid dienone is 1. The molecule has 0 bridgehead atoms. The number of benzene rings is 2. The number of rotatable bonds is 3. The topological polar surface area (TPSA) is 28.7 Å². The maximum Gasteiger partial charge on any atom is 0.0998 e. The van der Waals surface area contributed by atoms with Crippen LogP contribution in [-0.2, 0) is 0 Å². The molecule has 3 rings (SSSR count). The van der Waals surface area contributed by atoms with Crippen molar-refractivity contribution in [3.05, 3.63) is 85.2 Å². The van der Waals surface area contributed by atoms with Gasteiger partial charge in [0, 0.05) is 25.7 Å². The van der Waals surface area contributed by atoms with Gasteiger partial charge in [0.15, 0.2) is 0 Å². The van der Waals surface area contributed by atoms with Gasteiger partial charge >= 0.3 is 0 Å². The van der Waals surface area contributed by atoms with Gasteiger partial charge in [-0.05, 0) is 103 Å². The highest BCUT2D eigenvalue weighted by molar-refractivity contribution is 14.1. The third-order valence-corrected chi connectivity index (χ3v) is 5.87. The van der Waals surface area contributed by atoms with Crippen LogP contribution in [-0.4, -0.2) is 4.57 Å². The molecule has 0 atom stereocenters. The molecule has 3 aromatic rings. The van der Waals surface area contributed by atoms with Crippen molar-refractivity contribution in [2.45, 2.75) is 20.8 Å². The second-order valence-corrected chi connectivity index (χ2v) is 7.87. The van der Waals surface area contributed by atoms with E-state index in [-0.39, 0.29) is 0 Å². The van der Waals surface area contributed by atoms with E-state index in [2.05, 4.69) is 78.3 Å². The van der Waals surface area contributed by atoms with Gasteiger partial charge in [0.05, 0.1) is 11.6 Å². The Morgan fingerprint density at radius 2 is 1.88 bits per heavy atom. The second kappa shape index (κ2) is 7.69. The number of aromatic nitrogens is 1. The molecule has 0 saturated heterocycles. The van der Waals surface area contributed by atoms with Gasteiger partial charge in [-0.1, -0.05) is 23.7 Å². The van der Waals surface area contributed by atoms with Crippen molar-refractivity contribution in [1.82, 2.24) is 4.57 Å². The summed E-state index contributed by atoms with van der Waals surface area (Å²) < 4.78 is 3.48. The number of nitrogens with zero attached hydrogens (tertiary/aromatic N) is 2. The zero-order chi connectivity index (χ0) is 18.8. The maximum absolute atomic E-state index is 9.61. The van der Waals surface area contributed by atoms with E-state index < -0.39 is 0 Å². The molecule has 0 radical (unpaired) electrons. The van der Waals surface area contributed by atoms with Crippen LogP contribution in [0.5, 0.6) is 0 Å². The lowest BCUT2D eigenvalue weighted by Crippen LogP contribution is -2.00. The summed E-state index contributed by atoms with van der Waals surface area (Å²) in [6.45, 7) is 6.29. The van der Waals surface area contributed by atoms with Gasteiger partial charge in [0.25, 0.3) is 0 Å². The van der Waals surface area contributed by atoms with E-state index in [4.69, 9.17) is 11.6 Å². The summed E-state index contributed by atoms with van der Waals surface area (Å²) in [5.74, 6) is 0. The van der Waals surface area contributed by atoms with E-state index in [1.54, 1.807) is 0 Å². The molecule has 26 heavy (non-hydrogen) atoms. The SMILES string of the molecule is Cc1cc(-n2c(C)cc(/C=C(/C#N)c3cccc(Cl)c3)c2C)ccc1I. The first kappa shape index (κ1) is 18.8. The standard InChI is InChI=1S/C22H18ClIN2/c1-14-9-21(7-8-22(14)24)26-15(2)10-18(16(26)3)11-19(13-25)17-5-4-6-20(23)12-17/h4-12H,1-3H3/b19-11-. The van der Waals surface area contributed by atoms with Crippen molar-refractivity contribution in [3.63, 3.8) is 0 Å². The molecular formula is C22H18ClIN2. The van der Waals surface area contributed by atoms with E-state index in [1.165, 1.54) is 9.13 Å². The van der Waals surface area contributed by atoms with Crippen LogP contribution in [0.4, 0.5) is 0 Å². The highest BCUT2D eigenvalue weighted by atomic mass is 127. The minimum atomic E-state index is 0.603. The van der Waals surface area contributed by atoms with Crippen LogP contribution in [0.25, 0.3) is 17.3 Å². The smallest absolute Gasteiger partial charge is 0.0998 e. The lowest BCUT2D eigenvalue weighted by molar-refractivity contribution is 0.961. The maximum atomic E-state index is 9.61. The van der Waals surface area contributed by atoms with Gasteiger partial charge in [-0.3, -0.25) is 0 Å². The van der Waals surface area contributed by atoms with Crippen molar-refractivity contribution in [1.29, 1.82) is 5.26 Å². The predicted octanol–water partition coefficient (Wildman–Crippen LogP) is 6.72. The molecule has 0 aliphatic rings. The number of halogens is 2. The summed E-state index contributed by atoms with van der Waals surface area (Å²) in [5, 5.41) is 10.2. The summed E-state index contributed by atoms with van der Waals surface area (Å²) in [6.07, 6.45) is 1.93. The molecule has 1 heterocycles. The van der Waals surface area contributed by atoms with Crippen LogP contribution in [0.3, 0.4) is 0 Å². The fourth-order valence-corrected chi connectivity index (χ4v) is 3.62. The minimum Gasteiger partial charge on any atom is -0.318 e. The average molecular weight is 473 g/mol. The van der Waals surface area contributed by atoms with E-state index in [9.17, 15) is 5.26 Å². The molecule has 0 spiro atoms. The molecule has 0 aliphatic carbocycles. The Hall–Kier alpha value is -2.03. The molecule has 0 N–H and O–H groups in total. The Morgan fingerprint density at radius 1 is 1.12 bits per heavy atom. The van der Waals surface area contributed by atoms with Crippen LogP contribution >= 0.6 is 34.2 Å². The first-order valence-corrected chi connectivity index (χ1v) is 9.69. The fraction of sp³-hybridized carbons (Fsp3) is 0.136. The summed E-state index contributed by atoms with van der Waals surface area (Å²) >= 11 is 8.42. The highest BCUT2D eigenvalue weighted by Gasteiger charge is 2.12. The molecule has 0 unspecified atom stereocenters. The summed E-state index contributed by atoms with van der Waals surface area (Å²) in [6, 6.07) is 18.3. The zero-order valence-electron chi connectivity index (χ0n) is 14.8. The van der Waals surface area contributed by atoms with Crippen molar-refractivity contribution >= 4 is 45.8 Å². The molecule has 2 aromatic carbocycles. The average Bonchev–Trinajstić information content (AvgIpc) is 2.89. The quantitative estimate of drug-likeness (QED) is 0.307. The van der Waals surface area contributed by atoms with Crippen LogP contribution in [0.1, 0.15) is 28.1 Å². The van der Waals surface area contributed by atoms with Crippen LogP contribution in [0, 0.1) is 35.7 Å². The molecule has 2 nitrogen and oxygen atoms in total. The predicted molar refractivity (Wildman–Crippen MR) is 118 cm³/mol. The summed E-state index contributed by atoms with van der Waals surface area (Å²) in [5.41, 5.74) is 7.11. The summed E-state index contributed by atoms with van der Waals surface area (Å²) in [4.78, 5) is 0. The molecule has 1 aromatic heterocycles. The molecule has 0 aliphatic heterocycles. The van der Waals surface area contributed by atoms with Crippen molar-refractivity contribution in [3.8, 4) is 11.8 Å². The molecule has 0 amide bonds. The van der Waals surface area contributed by atoms with E-state index >= 15 is 0 Å². The number of aryl methyl sites for hydroxylation is 2. The van der Waals surface area contributed by atoms with Gasteiger partial charge in [0.1, 0.15) is 0 Å². The van der Waals surface area contributed by atoms with Crippen LogP contribution in [0.15, 0.2) is 48.5 Å². The molecular weight excluding hydrogens is 455 g/mol. The first-order chi connectivity index (χ1) is 12.4. The Kier molecular flexibility index (Phi) is 5.55. The van der Waals surface area contributed by atoms with E-state index in [0.717, 1.165) is 28.2 Å². The third-order valence-electron chi connectivity index (χ3n) is 4.43. The van der Waals surface area contributed by atoms with Gasteiger partial charge in [-0.25, -0.2) is 0 Å². The largest absolute Gasteiger partial charge is 0.318 e. The van der Waals surface area contributed by atoms with Gasteiger partial charge < -0.3 is 4.57 Å². The van der Waals surface area contributed by atoms with E-state index in [1.807, 2.05) is 30.3 Å². The monoisotopic (exact) mass is 472 g/mol. The summed E-state index contributed by atoms with van der Waals surface area (Å²) in [7, 11) is 0. The Labute approximate surface area is 172 Å². The minimum absolute atomic E-state index is 0.603. The van der Waals surface area contributed by atoms with Crippen molar-refractivity contribution in [2.24, 2.45) is 0 Å². The molecule has 0 fully saturated rings. The second-order valence-electron chi connectivity index (χ2n) is 6.28. The number of hydrogen-bond donors (Lipinski definition) is 0. The van der Waals surface area contributed by atoms with Gasteiger partial charge in [0.2, 0.25) is 0 Å². The number of nitriles is 1. The van der Waals surface area contributed by atoms with Crippen LogP contribution < -0.4 is 0 Å². The normalized spacial score (nSPS) is 11.5. The lowest BCUT2D eigenvalue weighted by atomic mass is 10.0. The van der Waals surface area contributed by atoms with Gasteiger partial charge in [-0.15, -0.1) is 0 Å². The molecule has 0 saturated carbocycles. The Morgan fingerprint density at radius 3 is 2.54 bits per heavy atom. The first-order valence-electron chi connectivity index (χ1n) is 8.24. The molecule has 130 valence electrons. The molecule has 4 heteroatoms. The van der Waals surface area contributed by atoms with Crippen molar-refractivity contribution in [2.75, 3.05) is 0 Å².